The monoisotopic (exact) mass is 849 g/mol. The maximum absolute atomic E-state index is 2.52. The van der Waals surface area contributed by atoms with Crippen molar-refractivity contribution < 1.29 is 0 Å². The number of thiophene rings is 1. The van der Waals surface area contributed by atoms with Gasteiger partial charge in [-0.15, -0.1) is 11.3 Å². The first-order valence-corrected chi connectivity index (χ1v) is 23.5. The number of anilines is 3. The van der Waals surface area contributed by atoms with Crippen molar-refractivity contribution in [1.29, 1.82) is 0 Å². The third-order valence-corrected chi connectivity index (χ3v) is 15.0. The number of hydrogen-bond acceptors (Lipinski definition) is 2. The van der Waals surface area contributed by atoms with E-state index in [2.05, 4.69) is 256 Å². The third-order valence-electron chi connectivity index (χ3n) is 13.7. The van der Waals surface area contributed by atoms with Crippen LogP contribution in [-0.4, -0.2) is 0 Å². The number of fused-ring (bicyclic) bond motifs is 7. The van der Waals surface area contributed by atoms with E-state index in [1.54, 1.807) is 0 Å². The van der Waals surface area contributed by atoms with Crippen LogP contribution in [0.1, 0.15) is 48.6 Å². The van der Waals surface area contributed by atoms with E-state index in [4.69, 9.17) is 0 Å². The van der Waals surface area contributed by atoms with Crippen LogP contribution in [0.15, 0.2) is 231 Å². The molecule has 0 spiro atoms. The Morgan fingerprint density at radius 2 is 0.985 bits per heavy atom. The first-order valence-electron chi connectivity index (χ1n) is 22.7. The van der Waals surface area contributed by atoms with Crippen LogP contribution in [-0.2, 0) is 10.8 Å². The molecule has 12 rings (SSSR count). The Morgan fingerprint density at radius 3 is 1.71 bits per heavy atom. The molecule has 0 N–H and O–H groups in total. The number of nitrogens with zero attached hydrogens (tertiary/aromatic N) is 1. The number of rotatable bonds is 7. The Bertz CT molecular complexity index is 3520. The lowest BCUT2D eigenvalue weighted by atomic mass is 9.67. The van der Waals surface area contributed by atoms with Crippen LogP contribution in [0.25, 0.3) is 64.3 Å². The van der Waals surface area contributed by atoms with Gasteiger partial charge in [0.2, 0.25) is 0 Å². The molecule has 11 aromatic rings. The van der Waals surface area contributed by atoms with Gasteiger partial charge in [0.25, 0.3) is 0 Å². The minimum absolute atomic E-state index is 0.0937. The number of benzene rings is 10. The number of hydrogen-bond donors (Lipinski definition) is 0. The second-order valence-electron chi connectivity index (χ2n) is 18.4. The Morgan fingerprint density at radius 1 is 0.415 bits per heavy atom. The minimum atomic E-state index is -0.534. The predicted molar refractivity (Wildman–Crippen MR) is 278 cm³/mol. The molecule has 1 aliphatic rings. The Hall–Kier alpha value is -7.52. The van der Waals surface area contributed by atoms with Crippen molar-refractivity contribution in [1.82, 2.24) is 0 Å². The van der Waals surface area contributed by atoms with E-state index in [0.717, 1.165) is 17.1 Å². The predicted octanol–water partition coefficient (Wildman–Crippen LogP) is 17.7. The van der Waals surface area contributed by atoms with Crippen molar-refractivity contribution in [2.75, 3.05) is 4.90 Å². The molecular formula is C63H47NS. The van der Waals surface area contributed by atoms with Gasteiger partial charge in [0, 0.05) is 42.7 Å². The topological polar surface area (TPSA) is 3.24 Å². The summed E-state index contributed by atoms with van der Waals surface area (Å²) < 4.78 is 2.60. The van der Waals surface area contributed by atoms with Crippen molar-refractivity contribution in [2.24, 2.45) is 0 Å². The van der Waals surface area contributed by atoms with Gasteiger partial charge in [-0.05, 0) is 103 Å². The van der Waals surface area contributed by atoms with E-state index >= 15 is 0 Å². The average molecular weight is 850 g/mol. The van der Waals surface area contributed by atoms with Gasteiger partial charge in [-0.2, -0.15) is 0 Å². The van der Waals surface area contributed by atoms with Crippen LogP contribution in [0.4, 0.5) is 17.1 Å². The molecule has 0 atom stereocenters. The summed E-state index contributed by atoms with van der Waals surface area (Å²) in [6.07, 6.45) is 0. The lowest BCUT2D eigenvalue weighted by molar-refractivity contribution is 0.590. The molecular weight excluding hydrogens is 803 g/mol. The van der Waals surface area contributed by atoms with Gasteiger partial charge >= 0.3 is 0 Å². The van der Waals surface area contributed by atoms with Crippen molar-refractivity contribution in [3.05, 3.63) is 258 Å². The molecule has 1 aliphatic carbocycles. The maximum atomic E-state index is 2.52. The van der Waals surface area contributed by atoms with Gasteiger partial charge in [0.15, 0.2) is 0 Å². The molecule has 2 heteroatoms. The molecule has 0 saturated carbocycles. The normalized spacial score (nSPS) is 13.0. The van der Waals surface area contributed by atoms with Crippen molar-refractivity contribution in [2.45, 2.75) is 31.6 Å². The second-order valence-corrected chi connectivity index (χ2v) is 19.5. The fourth-order valence-electron chi connectivity index (χ4n) is 10.6. The van der Waals surface area contributed by atoms with Crippen LogP contribution >= 0.6 is 11.3 Å². The molecule has 0 saturated heterocycles. The molecule has 310 valence electrons. The van der Waals surface area contributed by atoms with Crippen LogP contribution < -0.4 is 4.90 Å². The van der Waals surface area contributed by atoms with Crippen LogP contribution in [0.2, 0.25) is 0 Å². The van der Waals surface area contributed by atoms with Gasteiger partial charge < -0.3 is 4.90 Å². The first kappa shape index (κ1) is 39.1. The summed E-state index contributed by atoms with van der Waals surface area (Å²) in [6.45, 7) is 6.82. The molecule has 0 fully saturated rings. The first-order chi connectivity index (χ1) is 31.9. The minimum Gasteiger partial charge on any atom is -0.310 e. The second kappa shape index (κ2) is 15.3. The van der Waals surface area contributed by atoms with Gasteiger partial charge in [-0.25, -0.2) is 0 Å². The summed E-state index contributed by atoms with van der Waals surface area (Å²) in [5.74, 6) is 0. The Balaban J connectivity index is 1.14. The smallest absolute Gasteiger partial charge is 0.0714 e. The van der Waals surface area contributed by atoms with Gasteiger partial charge in [-0.3, -0.25) is 0 Å². The van der Waals surface area contributed by atoms with Gasteiger partial charge in [-0.1, -0.05) is 215 Å². The molecule has 65 heavy (non-hydrogen) atoms. The standard InChI is InChI=1S/C63H47NS/c1-62(2,3)45-34-29-42(30-35-45)43-31-36-48(37-32-43)64(58-40-33-44-17-10-11-22-50(44)60(58)55-26-16-25-54-53-24-13-15-28-59(53)65-61(54)55)49-38-39-52-51-23-12-14-27-56(51)63(57(52)41-49,46-18-6-4-7-19-46)47-20-8-5-9-21-47/h4-41H,1-3H3. The molecule has 0 radical (unpaired) electrons. The quantitative estimate of drug-likeness (QED) is 0.154. The van der Waals surface area contributed by atoms with Gasteiger partial charge in [0.1, 0.15) is 0 Å². The molecule has 0 bridgehead atoms. The van der Waals surface area contributed by atoms with Crippen LogP contribution in [0.5, 0.6) is 0 Å². The fourth-order valence-corrected chi connectivity index (χ4v) is 11.9. The van der Waals surface area contributed by atoms with Crippen molar-refractivity contribution >= 4 is 59.3 Å². The summed E-state index contributed by atoms with van der Waals surface area (Å²) in [5.41, 5.74) is 16.7. The lowest BCUT2D eigenvalue weighted by Gasteiger charge is -2.35. The lowest BCUT2D eigenvalue weighted by Crippen LogP contribution is -2.28. The zero-order valence-electron chi connectivity index (χ0n) is 36.8. The maximum Gasteiger partial charge on any atom is 0.0714 e. The SMILES string of the molecule is CC(C)(C)c1ccc(-c2ccc(N(c3ccc4c(c3)C(c3ccccc3)(c3ccccc3)c3ccccc3-4)c3ccc4ccccc4c3-c3cccc4c3sc3ccccc34)cc2)cc1. The van der Waals surface area contributed by atoms with E-state index in [-0.39, 0.29) is 5.41 Å². The summed E-state index contributed by atoms with van der Waals surface area (Å²) in [7, 11) is 0. The van der Waals surface area contributed by atoms with E-state index in [0.29, 0.717) is 0 Å². The molecule has 1 nitrogen and oxygen atoms in total. The van der Waals surface area contributed by atoms with Crippen LogP contribution in [0, 0.1) is 0 Å². The van der Waals surface area contributed by atoms with Crippen molar-refractivity contribution in [3.8, 4) is 33.4 Å². The van der Waals surface area contributed by atoms with E-state index in [1.165, 1.54) is 92.1 Å². The highest BCUT2D eigenvalue weighted by molar-refractivity contribution is 7.26. The Kier molecular flexibility index (Phi) is 9.22. The zero-order chi connectivity index (χ0) is 43.7. The van der Waals surface area contributed by atoms with E-state index < -0.39 is 5.41 Å². The molecule has 1 aromatic heterocycles. The zero-order valence-corrected chi connectivity index (χ0v) is 37.6. The summed E-state index contributed by atoms with van der Waals surface area (Å²) >= 11 is 1.89. The van der Waals surface area contributed by atoms with Gasteiger partial charge in [0.05, 0.1) is 11.1 Å². The summed E-state index contributed by atoms with van der Waals surface area (Å²) in [4.78, 5) is 2.52. The third kappa shape index (κ3) is 6.27. The summed E-state index contributed by atoms with van der Waals surface area (Å²) in [6, 6.07) is 86.0. The molecule has 0 aliphatic heterocycles. The molecule has 10 aromatic carbocycles. The highest BCUT2D eigenvalue weighted by Crippen LogP contribution is 2.58. The largest absolute Gasteiger partial charge is 0.310 e. The summed E-state index contributed by atoms with van der Waals surface area (Å²) in [5, 5.41) is 5.04. The van der Waals surface area contributed by atoms with Crippen LogP contribution in [0.3, 0.4) is 0 Å². The average Bonchev–Trinajstić information content (AvgIpc) is 3.89. The Labute approximate surface area is 385 Å². The van der Waals surface area contributed by atoms with E-state index in [9.17, 15) is 0 Å². The highest BCUT2D eigenvalue weighted by Gasteiger charge is 2.46. The molecule has 1 heterocycles. The van der Waals surface area contributed by atoms with E-state index in [1.807, 2.05) is 11.3 Å². The van der Waals surface area contributed by atoms with Crippen molar-refractivity contribution in [3.63, 3.8) is 0 Å². The fraction of sp³-hybridized carbons (Fsp3) is 0.0794. The molecule has 0 unspecified atom stereocenters. The molecule has 0 amide bonds. The highest BCUT2D eigenvalue weighted by atomic mass is 32.1.